The van der Waals surface area contributed by atoms with Crippen molar-refractivity contribution in [3.63, 3.8) is 0 Å². The highest BCUT2D eigenvalue weighted by atomic mass is 16.5. The number of ether oxygens (including phenoxy) is 1. The summed E-state index contributed by atoms with van der Waals surface area (Å²) in [4.78, 5) is 0. The van der Waals surface area contributed by atoms with Gasteiger partial charge in [-0.05, 0) is 27.7 Å². The number of nitrogens with one attached hydrogen (secondary N) is 1. The van der Waals surface area contributed by atoms with E-state index in [-0.39, 0.29) is 0 Å². The molecule has 0 aromatic carbocycles. The summed E-state index contributed by atoms with van der Waals surface area (Å²) in [5, 5.41) is 3.45. The van der Waals surface area contributed by atoms with Gasteiger partial charge in [0.05, 0.1) is 12.2 Å². The van der Waals surface area contributed by atoms with Crippen LogP contribution in [-0.2, 0) is 4.74 Å². The van der Waals surface area contributed by atoms with Gasteiger partial charge in [0.25, 0.3) is 0 Å². The zero-order valence-electron chi connectivity index (χ0n) is 7.22. The fourth-order valence-electron chi connectivity index (χ4n) is 1.26. The van der Waals surface area contributed by atoms with Crippen molar-refractivity contribution in [3.05, 3.63) is 0 Å². The van der Waals surface area contributed by atoms with Crippen LogP contribution in [0.2, 0.25) is 0 Å². The maximum atomic E-state index is 5.65. The Balaban J connectivity index is 2.46. The fourth-order valence-corrected chi connectivity index (χ4v) is 1.26. The summed E-state index contributed by atoms with van der Waals surface area (Å²) in [7, 11) is 0. The summed E-state index contributed by atoms with van der Waals surface area (Å²) in [6.45, 7) is 8.54. The molecule has 1 N–H and O–H groups in total. The van der Waals surface area contributed by atoms with E-state index in [1.54, 1.807) is 0 Å². The van der Waals surface area contributed by atoms with Crippen molar-refractivity contribution >= 4 is 0 Å². The van der Waals surface area contributed by atoms with Crippen molar-refractivity contribution in [2.75, 3.05) is 0 Å². The Labute approximate surface area is 63.0 Å². The van der Waals surface area contributed by atoms with Gasteiger partial charge < -0.3 is 10.1 Å². The Hall–Kier alpha value is -0.0800. The SMILES string of the molecule is C[C@@H]1N[C@H](C)[C@@H](C)O[C@H]1C. The molecule has 1 heterocycles. The molecule has 0 amide bonds. The van der Waals surface area contributed by atoms with E-state index in [0.717, 1.165) is 0 Å². The van der Waals surface area contributed by atoms with E-state index in [0.29, 0.717) is 24.3 Å². The zero-order valence-corrected chi connectivity index (χ0v) is 7.22. The lowest BCUT2D eigenvalue weighted by Gasteiger charge is -2.37. The summed E-state index contributed by atoms with van der Waals surface area (Å²) >= 11 is 0. The first kappa shape index (κ1) is 8.02. The third-order valence-corrected chi connectivity index (χ3v) is 2.36. The molecule has 1 rings (SSSR count). The highest BCUT2D eigenvalue weighted by Crippen LogP contribution is 2.12. The number of morpholine rings is 1. The first-order chi connectivity index (χ1) is 4.61. The minimum absolute atomic E-state index is 0.353. The molecule has 1 aliphatic rings. The van der Waals surface area contributed by atoms with E-state index in [1.165, 1.54) is 0 Å². The molecule has 0 bridgehead atoms. The van der Waals surface area contributed by atoms with Crippen molar-refractivity contribution < 1.29 is 4.74 Å². The lowest BCUT2D eigenvalue weighted by atomic mass is 10.1. The van der Waals surface area contributed by atoms with Crippen LogP contribution < -0.4 is 5.32 Å². The standard InChI is InChI=1S/C8H17NO/c1-5-7(3)10-8(4)6(2)9-5/h5-9H,1-4H3/t5-,6+,7-,8+. The summed E-state index contributed by atoms with van der Waals surface area (Å²) in [6, 6.07) is 0.984. The minimum atomic E-state index is 0.353. The smallest absolute Gasteiger partial charge is 0.0701 e. The van der Waals surface area contributed by atoms with Gasteiger partial charge in [0.15, 0.2) is 0 Å². The summed E-state index contributed by atoms with van der Waals surface area (Å²) in [6.07, 6.45) is 0.706. The summed E-state index contributed by atoms with van der Waals surface area (Å²) in [5.74, 6) is 0. The Kier molecular flexibility index (Phi) is 2.32. The highest BCUT2D eigenvalue weighted by molar-refractivity contribution is 4.82. The van der Waals surface area contributed by atoms with Gasteiger partial charge in [-0.25, -0.2) is 0 Å². The Morgan fingerprint density at radius 2 is 1.30 bits per heavy atom. The first-order valence-electron chi connectivity index (χ1n) is 4.02. The fraction of sp³-hybridized carbons (Fsp3) is 1.00. The molecule has 0 unspecified atom stereocenters. The molecular weight excluding hydrogens is 126 g/mol. The number of hydrogen-bond donors (Lipinski definition) is 1. The van der Waals surface area contributed by atoms with Gasteiger partial charge in [0.2, 0.25) is 0 Å². The van der Waals surface area contributed by atoms with Crippen LogP contribution in [0.1, 0.15) is 27.7 Å². The largest absolute Gasteiger partial charge is 0.372 e. The second kappa shape index (κ2) is 2.89. The van der Waals surface area contributed by atoms with Crippen molar-refractivity contribution in [3.8, 4) is 0 Å². The second-order valence-electron chi connectivity index (χ2n) is 3.29. The van der Waals surface area contributed by atoms with E-state index in [9.17, 15) is 0 Å². The molecule has 10 heavy (non-hydrogen) atoms. The van der Waals surface area contributed by atoms with E-state index >= 15 is 0 Å². The van der Waals surface area contributed by atoms with Gasteiger partial charge in [-0.2, -0.15) is 0 Å². The van der Waals surface area contributed by atoms with Crippen LogP contribution >= 0.6 is 0 Å². The van der Waals surface area contributed by atoms with E-state index in [1.807, 2.05) is 0 Å². The molecule has 1 fully saturated rings. The molecule has 0 aromatic rings. The molecule has 0 aromatic heterocycles. The predicted octanol–water partition coefficient (Wildman–Crippen LogP) is 1.16. The predicted molar refractivity (Wildman–Crippen MR) is 42.1 cm³/mol. The summed E-state index contributed by atoms with van der Waals surface area (Å²) in [5.41, 5.74) is 0. The summed E-state index contributed by atoms with van der Waals surface area (Å²) < 4.78 is 5.65. The lowest BCUT2D eigenvalue weighted by molar-refractivity contribution is -0.0620. The Morgan fingerprint density at radius 1 is 0.900 bits per heavy atom. The van der Waals surface area contributed by atoms with Gasteiger partial charge >= 0.3 is 0 Å². The van der Waals surface area contributed by atoms with Gasteiger partial charge in [0.1, 0.15) is 0 Å². The van der Waals surface area contributed by atoms with Crippen molar-refractivity contribution in [1.82, 2.24) is 5.32 Å². The van der Waals surface area contributed by atoms with Crippen molar-refractivity contribution in [1.29, 1.82) is 0 Å². The van der Waals surface area contributed by atoms with E-state index in [4.69, 9.17) is 4.74 Å². The monoisotopic (exact) mass is 143 g/mol. The third kappa shape index (κ3) is 1.50. The van der Waals surface area contributed by atoms with Gasteiger partial charge in [-0.3, -0.25) is 0 Å². The van der Waals surface area contributed by atoms with Crippen molar-refractivity contribution in [2.24, 2.45) is 0 Å². The molecule has 4 atom stereocenters. The quantitative estimate of drug-likeness (QED) is 0.549. The topological polar surface area (TPSA) is 21.3 Å². The minimum Gasteiger partial charge on any atom is -0.372 e. The molecule has 0 radical (unpaired) electrons. The van der Waals surface area contributed by atoms with Crippen LogP contribution in [0, 0.1) is 0 Å². The molecule has 0 spiro atoms. The van der Waals surface area contributed by atoms with Gasteiger partial charge in [-0.1, -0.05) is 0 Å². The zero-order chi connectivity index (χ0) is 7.72. The lowest BCUT2D eigenvalue weighted by Crippen LogP contribution is -2.54. The molecule has 0 saturated carbocycles. The van der Waals surface area contributed by atoms with E-state index in [2.05, 4.69) is 33.0 Å². The third-order valence-electron chi connectivity index (χ3n) is 2.36. The molecule has 1 aliphatic heterocycles. The average Bonchev–Trinajstić information content (AvgIpc) is 1.84. The molecule has 1 saturated heterocycles. The first-order valence-corrected chi connectivity index (χ1v) is 4.02. The van der Waals surface area contributed by atoms with Crippen LogP contribution in [-0.4, -0.2) is 24.3 Å². The van der Waals surface area contributed by atoms with Crippen molar-refractivity contribution in [2.45, 2.75) is 52.0 Å². The number of rotatable bonds is 0. The average molecular weight is 143 g/mol. The van der Waals surface area contributed by atoms with Crippen LogP contribution in [0.3, 0.4) is 0 Å². The molecular formula is C8H17NO. The molecule has 2 heteroatoms. The number of hydrogen-bond acceptors (Lipinski definition) is 2. The molecule has 60 valence electrons. The normalized spacial score (nSPS) is 49.2. The van der Waals surface area contributed by atoms with E-state index < -0.39 is 0 Å². The van der Waals surface area contributed by atoms with Gasteiger partial charge in [0, 0.05) is 12.1 Å². The van der Waals surface area contributed by atoms with Crippen LogP contribution in [0.25, 0.3) is 0 Å². The van der Waals surface area contributed by atoms with Crippen LogP contribution in [0.5, 0.6) is 0 Å². The maximum absolute atomic E-state index is 5.65. The van der Waals surface area contributed by atoms with Crippen LogP contribution in [0.4, 0.5) is 0 Å². The Morgan fingerprint density at radius 3 is 1.60 bits per heavy atom. The second-order valence-corrected chi connectivity index (χ2v) is 3.29. The maximum Gasteiger partial charge on any atom is 0.0701 e. The van der Waals surface area contributed by atoms with Gasteiger partial charge in [-0.15, -0.1) is 0 Å². The Bertz CT molecular complexity index is 89.8. The molecule has 0 aliphatic carbocycles. The van der Waals surface area contributed by atoms with Crippen LogP contribution in [0.15, 0.2) is 0 Å². The molecule has 2 nitrogen and oxygen atoms in total. The highest BCUT2D eigenvalue weighted by Gasteiger charge is 2.26.